The number of hydrogen-bond donors (Lipinski definition) is 2. The van der Waals surface area contributed by atoms with Gasteiger partial charge in [0.2, 0.25) is 0 Å². The van der Waals surface area contributed by atoms with Gasteiger partial charge in [-0.15, -0.1) is 0 Å². The molecule has 2 rings (SSSR count). The molecule has 0 saturated carbocycles. The van der Waals surface area contributed by atoms with Crippen molar-refractivity contribution in [3.63, 3.8) is 0 Å². The Morgan fingerprint density at radius 3 is 2.72 bits per heavy atom. The summed E-state index contributed by atoms with van der Waals surface area (Å²) < 4.78 is 6.14. The van der Waals surface area contributed by atoms with Crippen LogP contribution in [0.3, 0.4) is 0 Å². The minimum absolute atomic E-state index is 0.757. The van der Waals surface area contributed by atoms with Crippen LogP contribution >= 0.6 is 15.9 Å². The van der Waals surface area contributed by atoms with Gasteiger partial charge in [-0.1, -0.05) is 0 Å². The molecule has 1 aromatic heterocycles. The summed E-state index contributed by atoms with van der Waals surface area (Å²) in [7, 11) is 1.66. The smallest absolute Gasteiger partial charge is 0.133 e. The highest BCUT2D eigenvalue weighted by Gasteiger charge is 2.06. The highest BCUT2D eigenvalue weighted by atomic mass is 79.9. The molecule has 1 aromatic carbocycles. The number of aromatic nitrogens is 2. The zero-order valence-corrected chi connectivity index (χ0v) is 12.3. The number of aromatic amines is 1. The third kappa shape index (κ3) is 2.67. The summed E-state index contributed by atoms with van der Waals surface area (Å²) in [6.45, 7) is 4.79. The number of anilines is 1. The van der Waals surface area contributed by atoms with Crippen LogP contribution in [0.25, 0.3) is 0 Å². The summed E-state index contributed by atoms with van der Waals surface area (Å²) in [4.78, 5) is 0. The molecule has 18 heavy (non-hydrogen) atoms. The van der Waals surface area contributed by atoms with Gasteiger partial charge in [0, 0.05) is 23.5 Å². The first-order valence-corrected chi connectivity index (χ1v) is 6.49. The quantitative estimate of drug-likeness (QED) is 0.910. The summed E-state index contributed by atoms with van der Waals surface area (Å²) in [5.41, 5.74) is 4.39. The molecule has 0 unspecified atom stereocenters. The largest absolute Gasteiger partial charge is 0.496 e. The highest BCUT2D eigenvalue weighted by molar-refractivity contribution is 9.10. The molecule has 0 spiro atoms. The average Bonchev–Trinajstić information content (AvgIpc) is 2.67. The van der Waals surface area contributed by atoms with E-state index in [4.69, 9.17) is 4.74 Å². The molecule has 0 aliphatic heterocycles. The number of benzene rings is 1. The maximum absolute atomic E-state index is 5.20. The van der Waals surface area contributed by atoms with E-state index < -0.39 is 0 Å². The van der Waals surface area contributed by atoms with Gasteiger partial charge in [-0.3, -0.25) is 5.10 Å². The number of methoxy groups -OCH3 is 1. The van der Waals surface area contributed by atoms with E-state index in [2.05, 4.69) is 31.4 Å². The number of ether oxygens (including phenoxy) is 1. The van der Waals surface area contributed by atoms with E-state index in [9.17, 15) is 0 Å². The lowest BCUT2D eigenvalue weighted by molar-refractivity contribution is 0.412. The van der Waals surface area contributed by atoms with Crippen LogP contribution in [0.2, 0.25) is 0 Å². The Bertz CT molecular complexity index is 532. The van der Waals surface area contributed by atoms with E-state index in [-0.39, 0.29) is 0 Å². The molecule has 0 radical (unpaired) electrons. The lowest BCUT2D eigenvalue weighted by Crippen LogP contribution is -2.01. The number of halogens is 1. The van der Waals surface area contributed by atoms with Gasteiger partial charge < -0.3 is 10.1 Å². The molecule has 0 aliphatic carbocycles. The van der Waals surface area contributed by atoms with Crippen LogP contribution in [0.15, 0.2) is 22.7 Å². The molecule has 0 amide bonds. The Hall–Kier alpha value is -1.49. The van der Waals surface area contributed by atoms with Crippen molar-refractivity contribution in [1.29, 1.82) is 0 Å². The van der Waals surface area contributed by atoms with Gasteiger partial charge in [0.15, 0.2) is 0 Å². The van der Waals surface area contributed by atoms with Crippen LogP contribution in [-0.4, -0.2) is 17.3 Å². The summed E-state index contributed by atoms with van der Waals surface area (Å²) >= 11 is 3.47. The first kappa shape index (κ1) is 13.0. The molecule has 0 fully saturated rings. The number of hydrogen-bond acceptors (Lipinski definition) is 3. The van der Waals surface area contributed by atoms with Gasteiger partial charge in [-0.2, -0.15) is 5.10 Å². The number of H-pyrrole nitrogens is 1. The van der Waals surface area contributed by atoms with Gasteiger partial charge in [0.25, 0.3) is 0 Å². The first-order chi connectivity index (χ1) is 8.61. The summed E-state index contributed by atoms with van der Waals surface area (Å²) in [6.07, 6.45) is 0. The van der Waals surface area contributed by atoms with Crippen molar-refractivity contribution in [3.05, 3.63) is 39.6 Å². The Morgan fingerprint density at radius 2 is 2.17 bits per heavy atom. The van der Waals surface area contributed by atoms with Crippen LogP contribution in [0.5, 0.6) is 5.75 Å². The van der Waals surface area contributed by atoms with E-state index in [0.29, 0.717) is 0 Å². The van der Waals surface area contributed by atoms with Crippen LogP contribution in [0.1, 0.15) is 17.0 Å². The molecular formula is C13H16BrN3O. The molecule has 0 saturated heterocycles. The molecule has 96 valence electrons. The zero-order valence-electron chi connectivity index (χ0n) is 10.7. The van der Waals surface area contributed by atoms with Crippen molar-refractivity contribution in [1.82, 2.24) is 10.2 Å². The molecule has 5 heteroatoms. The van der Waals surface area contributed by atoms with Gasteiger partial charge in [0.05, 0.1) is 17.3 Å². The molecule has 0 bridgehead atoms. The Balaban J connectivity index is 2.09. The van der Waals surface area contributed by atoms with Crippen LogP contribution < -0.4 is 10.1 Å². The summed E-state index contributed by atoms with van der Waals surface area (Å²) in [5, 5.41) is 10.5. The monoisotopic (exact) mass is 309 g/mol. The second-order valence-corrected chi connectivity index (χ2v) is 4.97. The van der Waals surface area contributed by atoms with Crippen molar-refractivity contribution in [2.24, 2.45) is 0 Å². The van der Waals surface area contributed by atoms with Gasteiger partial charge >= 0.3 is 0 Å². The number of aryl methyl sites for hydroxylation is 2. The standard InChI is InChI=1S/C13H16BrN3O/c1-8-11(9(2)17-16-8)7-15-10-4-5-13(18-3)12(14)6-10/h4-6,15H,7H2,1-3H3,(H,16,17). The minimum Gasteiger partial charge on any atom is -0.496 e. The van der Waals surface area contributed by atoms with Gasteiger partial charge in [-0.05, 0) is 48.0 Å². The fraction of sp³-hybridized carbons (Fsp3) is 0.308. The first-order valence-electron chi connectivity index (χ1n) is 5.69. The number of rotatable bonds is 4. The Labute approximate surface area is 115 Å². The lowest BCUT2D eigenvalue weighted by atomic mass is 10.2. The van der Waals surface area contributed by atoms with Crippen molar-refractivity contribution >= 4 is 21.6 Å². The molecule has 0 aliphatic rings. The molecule has 0 atom stereocenters. The maximum Gasteiger partial charge on any atom is 0.133 e. The van der Waals surface area contributed by atoms with Gasteiger partial charge in [-0.25, -0.2) is 0 Å². The molecule has 2 N–H and O–H groups in total. The number of nitrogens with one attached hydrogen (secondary N) is 2. The van der Waals surface area contributed by atoms with E-state index in [1.807, 2.05) is 32.0 Å². The third-order valence-electron chi connectivity index (χ3n) is 2.90. The second-order valence-electron chi connectivity index (χ2n) is 4.12. The Morgan fingerprint density at radius 1 is 1.39 bits per heavy atom. The second kappa shape index (κ2) is 5.44. The SMILES string of the molecule is COc1ccc(NCc2c(C)n[nH]c2C)cc1Br. The average molecular weight is 310 g/mol. The summed E-state index contributed by atoms with van der Waals surface area (Å²) in [5.74, 6) is 0.830. The topological polar surface area (TPSA) is 49.9 Å². The van der Waals surface area contributed by atoms with Crippen LogP contribution in [0, 0.1) is 13.8 Å². The third-order valence-corrected chi connectivity index (χ3v) is 3.52. The van der Waals surface area contributed by atoms with Crippen molar-refractivity contribution in [2.45, 2.75) is 20.4 Å². The van der Waals surface area contributed by atoms with E-state index >= 15 is 0 Å². The Kier molecular flexibility index (Phi) is 3.91. The highest BCUT2D eigenvalue weighted by Crippen LogP contribution is 2.28. The van der Waals surface area contributed by atoms with Gasteiger partial charge in [0.1, 0.15) is 5.75 Å². The molecule has 1 heterocycles. The number of nitrogens with zero attached hydrogens (tertiary/aromatic N) is 1. The maximum atomic E-state index is 5.20. The van der Waals surface area contributed by atoms with E-state index in [0.717, 1.165) is 33.8 Å². The van der Waals surface area contributed by atoms with Crippen molar-refractivity contribution in [3.8, 4) is 5.75 Å². The molecular weight excluding hydrogens is 294 g/mol. The van der Waals surface area contributed by atoms with Crippen molar-refractivity contribution in [2.75, 3.05) is 12.4 Å². The van der Waals surface area contributed by atoms with E-state index in [1.54, 1.807) is 7.11 Å². The predicted molar refractivity (Wildman–Crippen MR) is 76.1 cm³/mol. The molecule has 4 nitrogen and oxygen atoms in total. The van der Waals surface area contributed by atoms with Crippen LogP contribution in [0.4, 0.5) is 5.69 Å². The summed E-state index contributed by atoms with van der Waals surface area (Å²) in [6, 6.07) is 5.93. The van der Waals surface area contributed by atoms with Crippen molar-refractivity contribution < 1.29 is 4.74 Å². The normalized spacial score (nSPS) is 10.4. The fourth-order valence-electron chi connectivity index (χ4n) is 1.80. The minimum atomic E-state index is 0.757. The van der Waals surface area contributed by atoms with E-state index in [1.165, 1.54) is 5.56 Å². The fourth-order valence-corrected chi connectivity index (χ4v) is 2.34. The molecule has 2 aromatic rings. The van der Waals surface area contributed by atoms with Crippen LogP contribution in [-0.2, 0) is 6.54 Å². The zero-order chi connectivity index (χ0) is 13.1. The predicted octanol–water partition coefficient (Wildman–Crippen LogP) is 3.41. The lowest BCUT2D eigenvalue weighted by Gasteiger charge is -2.09.